The molecule has 80 valence electrons. The van der Waals surface area contributed by atoms with Crippen LogP contribution in [0, 0.1) is 10.1 Å². The lowest BCUT2D eigenvalue weighted by Gasteiger charge is -2.33. The fourth-order valence-electron chi connectivity index (χ4n) is 2.42. The van der Waals surface area contributed by atoms with Gasteiger partial charge in [0.05, 0.1) is 13.1 Å². The van der Waals surface area contributed by atoms with Gasteiger partial charge in [-0.2, -0.15) is 0 Å². The van der Waals surface area contributed by atoms with Crippen LogP contribution in [-0.2, 0) is 0 Å². The molecule has 2 fully saturated rings. The van der Waals surface area contributed by atoms with Gasteiger partial charge in [-0.1, -0.05) is 6.42 Å². The van der Waals surface area contributed by atoms with Gasteiger partial charge in [0.25, 0.3) is 0 Å². The normalized spacial score (nSPS) is 34.6. The first-order valence-corrected chi connectivity index (χ1v) is 5.35. The van der Waals surface area contributed by atoms with E-state index in [1.165, 1.54) is 19.3 Å². The molecule has 5 nitrogen and oxygen atoms in total. The highest BCUT2D eigenvalue weighted by molar-refractivity contribution is 4.84. The van der Waals surface area contributed by atoms with E-state index >= 15 is 0 Å². The average molecular weight is 199 g/mol. The van der Waals surface area contributed by atoms with Crippen LogP contribution in [0.5, 0.6) is 0 Å². The van der Waals surface area contributed by atoms with Gasteiger partial charge in [-0.25, -0.2) is 0 Å². The monoisotopic (exact) mass is 199 g/mol. The summed E-state index contributed by atoms with van der Waals surface area (Å²) in [5, 5.41) is 13.9. The minimum atomic E-state index is -0.418. The van der Waals surface area contributed by atoms with E-state index in [0.29, 0.717) is 19.1 Å². The molecule has 2 heterocycles. The van der Waals surface area contributed by atoms with E-state index in [1.807, 2.05) is 0 Å². The van der Waals surface area contributed by atoms with Crippen molar-refractivity contribution >= 4 is 0 Å². The van der Waals surface area contributed by atoms with Gasteiger partial charge in [0.1, 0.15) is 0 Å². The molecule has 0 aromatic carbocycles. The van der Waals surface area contributed by atoms with Crippen molar-refractivity contribution in [3.63, 3.8) is 0 Å². The molecule has 2 aliphatic heterocycles. The Hall–Kier alpha value is -0.680. The third kappa shape index (κ3) is 2.04. The smallest absolute Gasteiger partial charge is 0.237 e. The Balaban J connectivity index is 2.00. The van der Waals surface area contributed by atoms with Crippen LogP contribution in [0.25, 0.3) is 0 Å². The Morgan fingerprint density at radius 1 is 1.36 bits per heavy atom. The predicted octanol–water partition coefficient (Wildman–Crippen LogP) is 0.0894. The lowest BCUT2D eigenvalue weighted by Crippen LogP contribution is -2.45. The Morgan fingerprint density at radius 3 is 3.00 bits per heavy atom. The summed E-state index contributed by atoms with van der Waals surface area (Å²) < 4.78 is 0. The van der Waals surface area contributed by atoms with Crippen molar-refractivity contribution in [2.45, 2.75) is 31.3 Å². The van der Waals surface area contributed by atoms with Gasteiger partial charge in [0.15, 0.2) is 0 Å². The van der Waals surface area contributed by atoms with Crippen molar-refractivity contribution in [3.8, 4) is 0 Å². The van der Waals surface area contributed by atoms with E-state index in [1.54, 1.807) is 0 Å². The molecule has 14 heavy (non-hydrogen) atoms. The minimum absolute atomic E-state index is 0.149. The topological polar surface area (TPSA) is 58.4 Å². The summed E-state index contributed by atoms with van der Waals surface area (Å²) in [6.45, 7) is 3.12. The summed E-state index contributed by atoms with van der Waals surface area (Å²) in [6.07, 6.45) is 3.66. The molecule has 0 spiro atoms. The Kier molecular flexibility index (Phi) is 2.98. The molecule has 5 heteroatoms. The zero-order valence-electron chi connectivity index (χ0n) is 8.32. The second kappa shape index (κ2) is 4.23. The molecule has 0 aromatic rings. The highest BCUT2D eigenvalue weighted by atomic mass is 16.6. The molecule has 2 rings (SSSR count). The molecule has 1 N–H and O–H groups in total. The van der Waals surface area contributed by atoms with Crippen LogP contribution in [0.15, 0.2) is 0 Å². The van der Waals surface area contributed by atoms with Crippen LogP contribution >= 0.6 is 0 Å². The maximum absolute atomic E-state index is 10.7. The summed E-state index contributed by atoms with van der Waals surface area (Å²) in [5.41, 5.74) is 0. The first-order chi connectivity index (χ1) is 6.77. The summed E-state index contributed by atoms with van der Waals surface area (Å²) in [7, 11) is 0. The number of rotatable bonds is 1. The number of hydrogen-bond acceptors (Lipinski definition) is 4. The predicted molar refractivity (Wildman–Crippen MR) is 52.9 cm³/mol. The molecule has 0 bridgehead atoms. The molecular formula is C9H17N3O2. The lowest BCUT2D eigenvalue weighted by atomic mass is 10.0. The van der Waals surface area contributed by atoms with E-state index in [0.717, 1.165) is 13.1 Å². The van der Waals surface area contributed by atoms with Gasteiger partial charge in [-0.15, -0.1) is 0 Å². The van der Waals surface area contributed by atoms with Crippen LogP contribution in [-0.4, -0.2) is 48.1 Å². The maximum atomic E-state index is 10.7. The second-order valence-corrected chi connectivity index (χ2v) is 4.24. The fraction of sp³-hybridized carbons (Fsp3) is 1.00. The standard InChI is InChI=1S/C9H17N3O2/c13-12(14)9-6-10-5-8-3-1-2-4-11(8)7-9/h8-10H,1-7H2. The van der Waals surface area contributed by atoms with E-state index in [2.05, 4.69) is 10.2 Å². The summed E-state index contributed by atoms with van der Waals surface area (Å²) in [5.74, 6) is 0. The number of piperidine rings is 1. The Bertz CT molecular complexity index is 222. The maximum Gasteiger partial charge on any atom is 0.237 e. The molecule has 0 aromatic heterocycles. The summed E-state index contributed by atoms with van der Waals surface area (Å²) in [6, 6.07) is 0.117. The lowest BCUT2D eigenvalue weighted by molar-refractivity contribution is -0.520. The van der Waals surface area contributed by atoms with Crippen LogP contribution in [0.4, 0.5) is 0 Å². The summed E-state index contributed by atoms with van der Waals surface area (Å²) >= 11 is 0. The van der Waals surface area contributed by atoms with Crippen LogP contribution < -0.4 is 5.32 Å². The van der Waals surface area contributed by atoms with Gasteiger partial charge in [-0.05, 0) is 19.4 Å². The van der Waals surface area contributed by atoms with Crippen molar-refractivity contribution in [3.05, 3.63) is 10.1 Å². The highest BCUT2D eigenvalue weighted by Gasteiger charge is 2.32. The molecule has 2 atom stereocenters. The van der Waals surface area contributed by atoms with E-state index in [4.69, 9.17) is 0 Å². The van der Waals surface area contributed by atoms with Gasteiger partial charge in [0.2, 0.25) is 6.04 Å². The number of nitro groups is 1. The van der Waals surface area contributed by atoms with Crippen molar-refractivity contribution in [2.24, 2.45) is 0 Å². The molecule has 0 radical (unpaired) electrons. The second-order valence-electron chi connectivity index (χ2n) is 4.24. The van der Waals surface area contributed by atoms with Crippen molar-refractivity contribution in [1.82, 2.24) is 10.2 Å². The average Bonchev–Trinajstić information content (AvgIpc) is 2.39. The zero-order chi connectivity index (χ0) is 9.97. The molecule has 2 unspecified atom stereocenters. The number of nitrogens with zero attached hydrogens (tertiary/aromatic N) is 2. The molecular weight excluding hydrogens is 182 g/mol. The van der Waals surface area contributed by atoms with Gasteiger partial charge in [-0.3, -0.25) is 15.0 Å². The van der Waals surface area contributed by atoms with Gasteiger partial charge >= 0.3 is 0 Å². The molecule has 2 aliphatic rings. The molecule has 0 amide bonds. The third-order valence-corrected chi connectivity index (χ3v) is 3.25. The highest BCUT2D eigenvalue weighted by Crippen LogP contribution is 2.18. The van der Waals surface area contributed by atoms with Gasteiger partial charge in [0, 0.05) is 17.5 Å². The first-order valence-electron chi connectivity index (χ1n) is 5.35. The summed E-state index contributed by atoms with van der Waals surface area (Å²) in [4.78, 5) is 12.9. The zero-order valence-corrected chi connectivity index (χ0v) is 8.32. The number of hydrogen-bond donors (Lipinski definition) is 1. The molecule has 0 aliphatic carbocycles. The van der Waals surface area contributed by atoms with E-state index < -0.39 is 6.04 Å². The van der Waals surface area contributed by atoms with Crippen LogP contribution in [0.2, 0.25) is 0 Å². The van der Waals surface area contributed by atoms with Crippen molar-refractivity contribution in [1.29, 1.82) is 0 Å². The van der Waals surface area contributed by atoms with Crippen molar-refractivity contribution in [2.75, 3.05) is 26.2 Å². The largest absolute Gasteiger partial charge is 0.309 e. The minimum Gasteiger partial charge on any atom is -0.309 e. The first kappa shape index (κ1) is 9.86. The Morgan fingerprint density at radius 2 is 2.21 bits per heavy atom. The van der Waals surface area contributed by atoms with E-state index in [-0.39, 0.29) is 4.92 Å². The fourth-order valence-corrected chi connectivity index (χ4v) is 2.42. The van der Waals surface area contributed by atoms with Gasteiger partial charge < -0.3 is 5.32 Å². The SMILES string of the molecule is O=[N+]([O-])C1CNCC2CCCCN2C1. The number of fused-ring (bicyclic) bond motifs is 1. The molecule has 2 saturated heterocycles. The number of nitrogens with one attached hydrogen (secondary N) is 1. The third-order valence-electron chi connectivity index (χ3n) is 3.25. The van der Waals surface area contributed by atoms with Crippen LogP contribution in [0.1, 0.15) is 19.3 Å². The van der Waals surface area contributed by atoms with Crippen LogP contribution in [0.3, 0.4) is 0 Å². The quantitative estimate of drug-likeness (QED) is 0.480. The van der Waals surface area contributed by atoms with E-state index in [9.17, 15) is 10.1 Å². The molecule has 0 saturated carbocycles. The van der Waals surface area contributed by atoms with Crippen molar-refractivity contribution < 1.29 is 4.92 Å². The Labute approximate surface area is 83.6 Å².